The van der Waals surface area contributed by atoms with Gasteiger partial charge in [0.05, 0.1) is 11.4 Å². The lowest BCUT2D eigenvalue weighted by atomic mass is 10.1. The van der Waals surface area contributed by atoms with Crippen LogP contribution in [0.3, 0.4) is 0 Å². The normalized spacial score (nSPS) is 11.0. The van der Waals surface area contributed by atoms with E-state index < -0.39 is 0 Å². The standard InChI is InChI=1S/C13H17N3O2S/c1-5-9-8(4)19-13(14-9)15-12(17)11-6-10(7(2)3)16-18-11/h6-7H,5H2,1-4H3,(H,14,15,17). The monoisotopic (exact) mass is 279 g/mol. The summed E-state index contributed by atoms with van der Waals surface area (Å²) in [7, 11) is 0. The molecule has 0 aromatic carbocycles. The zero-order valence-corrected chi connectivity index (χ0v) is 12.3. The molecule has 0 fully saturated rings. The SMILES string of the molecule is CCc1nc(NC(=O)c2cc(C(C)C)no2)sc1C. The molecule has 2 aromatic rings. The van der Waals surface area contributed by atoms with Crippen molar-refractivity contribution in [3.8, 4) is 0 Å². The van der Waals surface area contributed by atoms with Gasteiger partial charge in [-0.3, -0.25) is 10.1 Å². The molecule has 0 saturated carbocycles. The molecule has 0 atom stereocenters. The topological polar surface area (TPSA) is 68.0 Å². The maximum Gasteiger partial charge on any atom is 0.296 e. The molecule has 0 aliphatic carbocycles. The molecule has 102 valence electrons. The molecule has 1 amide bonds. The first-order valence-corrected chi connectivity index (χ1v) is 7.07. The van der Waals surface area contributed by atoms with Crippen LogP contribution in [-0.4, -0.2) is 16.0 Å². The number of nitrogens with one attached hydrogen (secondary N) is 1. The fourth-order valence-electron chi connectivity index (χ4n) is 1.64. The Hall–Kier alpha value is -1.69. The van der Waals surface area contributed by atoms with Crippen molar-refractivity contribution in [3.05, 3.63) is 28.1 Å². The molecule has 0 bridgehead atoms. The van der Waals surface area contributed by atoms with Gasteiger partial charge in [0.1, 0.15) is 0 Å². The Kier molecular flexibility index (Phi) is 3.99. The smallest absolute Gasteiger partial charge is 0.296 e. The second-order valence-corrected chi connectivity index (χ2v) is 5.80. The Morgan fingerprint density at radius 2 is 2.26 bits per heavy atom. The number of anilines is 1. The van der Waals surface area contributed by atoms with Crippen LogP contribution in [0.15, 0.2) is 10.6 Å². The van der Waals surface area contributed by atoms with E-state index >= 15 is 0 Å². The first kappa shape index (κ1) is 13.7. The Balaban J connectivity index is 2.11. The van der Waals surface area contributed by atoms with Gasteiger partial charge >= 0.3 is 0 Å². The zero-order valence-electron chi connectivity index (χ0n) is 11.5. The molecule has 0 aliphatic rings. The Morgan fingerprint density at radius 3 is 2.79 bits per heavy atom. The van der Waals surface area contributed by atoms with Crippen LogP contribution < -0.4 is 5.32 Å². The zero-order chi connectivity index (χ0) is 14.0. The molecule has 0 saturated heterocycles. The van der Waals surface area contributed by atoms with Crippen molar-refractivity contribution in [2.45, 2.75) is 40.0 Å². The Labute approximate surface area is 116 Å². The average molecular weight is 279 g/mol. The number of carbonyl (C=O) groups is 1. The van der Waals surface area contributed by atoms with E-state index in [1.165, 1.54) is 11.3 Å². The van der Waals surface area contributed by atoms with E-state index in [0.29, 0.717) is 5.13 Å². The maximum atomic E-state index is 12.0. The van der Waals surface area contributed by atoms with Gasteiger partial charge in [0.25, 0.3) is 5.91 Å². The molecule has 2 rings (SSSR count). The van der Waals surface area contributed by atoms with Crippen LogP contribution in [-0.2, 0) is 6.42 Å². The van der Waals surface area contributed by atoms with Crippen molar-refractivity contribution in [2.75, 3.05) is 5.32 Å². The quantitative estimate of drug-likeness (QED) is 0.931. The highest BCUT2D eigenvalue weighted by Crippen LogP contribution is 2.23. The van der Waals surface area contributed by atoms with Crippen LogP contribution in [0.5, 0.6) is 0 Å². The van der Waals surface area contributed by atoms with Gasteiger partial charge in [-0.25, -0.2) is 4.98 Å². The fraction of sp³-hybridized carbons (Fsp3) is 0.462. The van der Waals surface area contributed by atoms with Gasteiger partial charge in [-0.05, 0) is 19.3 Å². The predicted molar refractivity (Wildman–Crippen MR) is 74.8 cm³/mol. The van der Waals surface area contributed by atoms with Crippen LogP contribution in [0, 0.1) is 6.92 Å². The Morgan fingerprint density at radius 1 is 1.53 bits per heavy atom. The second kappa shape index (κ2) is 5.52. The van der Waals surface area contributed by atoms with Crippen molar-refractivity contribution in [1.82, 2.24) is 10.1 Å². The summed E-state index contributed by atoms with van der Waals surface area (Å²) in [5, 5.41) is 7.20. The minimum Gasteiger partial charge on any atom is -0.351 e. The molecule has 2 heterocycles. The van der Waals surface area contributed by atoms with Gasteiger partial charge in [-0.15, -0.1) is 11.3 Å². The second-order valence-electron chi connectivity index (χ2n) is 4.60. The minimum absolute atomic E-state index is 0.217. The van der Waals surface area contributed by atoms with Gasteiger partial charge in [0, 0.05) is 10.9 Å². The summed E-state index contributed by atoms with van der Waals surface area (Å²) in [4.78, 5) is 17.5. The summed E-state index contributed by atoms with van der Waals surface area (Å²) in [5.41, 5.74) is 1.79. The van der Waals surface area contributed by atoms with Gasteiger partial charge in [0.15, 0.2) is 5.13 Å². The van der Waals surface area contributed by atoms with Crippen LogP contribution in [0.25, 0.3) is 0 Å². The lowest BCUT2D eigenvalue weighted by Gasteiger charge is -1.96. The predicted octanol–water partition coefficient (Wildman–Crippen LogP) is 3.38. The van der Waals surface area contributed by atoms with Gasteiger partial charge in [-0.1, -0.05) is 25.9 Å². The molecular formula is C13H17N3O2S. The number of hydrogen-bond acceptors (Lipinski definition) is 5. The Bertz CT molecular complexity index is 586. The highest BCUT2D eigenvalue weighted by molar-refractivity contribution is 7.15. The molecule has 6 heteroatoms. The van der Waals surface area contributed by atoms with E-state index in [1.807, 2.05) is 27.7 Å². The van der Waals surface area contributed by atoms with Crippen molar-refractivity contribution in [2.24, 2.45) is 0 Å². The van der Waals surface area contributed by atoms with Crippen LogP contribution in [0.4, 0.5) is 5.13 Å². The van der Waals surface area contributed by atoms with Crippen molar-refractivity contribution in [1.29, 1.82) is 0 Å². The number of aryl methyl sites for hydroxylation is 2. The number of carbonyl (C=O) groups excluding carboxylic acids is 1. The third kappa shape index (κ3) is 3.01. The molecule has 5 nitrogen and oxygen atoms in total. The van der Waals surface area contributed by atoms with Gasteiger partial charge in [-0.2, -0.15) is 0 Å². The summed E-state index contributed by atoms with van der Waals surface area (Å²) in [6.07, 6.45) is 0.859. The summed E-state index contributed by atoms with van der Waals surface area (Å²) < 4.78 is 5.04. The van der Waals surface area contributed by atoms with E-state index in [9.17, 15) is 4.79 Å². The minimum atomic E-state index is -0.309. The number of nitrogens with zero attached hydrogens (tertiary/aromatic N) is 2. The molecule has 0 spiro atoms. The van der Waals surface area contributed by atoms with Crippen LogP contribution >= 0.6 is 11.3 Å². The third-order valence-corrected chi connectivity index (χ3v) is 3.72. The summed E-state index contributed by atoms with van der Waals surface area (Å²) in [5.74, 6) is 0.143. The molecular weight excluding hydrogens is 262 g/mol. The molecule has 1 N–H and O–H groups in total. The first-order valence-electron chi connectivity index (χ1n) is 6.25. The average Bonchev–Trinajstić information content (AvgIpc) is 2.95. The lowest BCUT2D eigenvalue weighted by molar-refractivity contribution is 0.0987. The molecule has 2 aromatic heterocycles. The highest BCUT2D eigenvalue weighted by atomic mass is 32.1. The largest absolute Gasteiger partial charge is 0.351 e. The van der Waals surface area contributed by atoms with Crippen LogP contribution in [0.1, 0.15) is 53.5 Å². The van der Waals surface area contributed by atoms with Crippen molar-refractivity contribution >= 4 is 22.4 Å². The molecule has 0 radical (unpaired) electrons. The van der Waals surface area contributed by atoms with E-state index in [0.717, 1.165) is 22.7 Å². The molecule has 19 heavy (non-hydrogen) atoms. The molecule has 0 aliphatic heterocycles. The highest BCUT2D eigenvalue weighted by Gasteiger charge is 2.16. The number of aromatic nitrogens is 2. The first-order chi connectivity index (χ1) is 9.01. The van der Waals surface area contributed by atoms with Gasteiger partial charge in [0.2, 0.25) is 5.76 Å². The van der Waals surface area contributed by atoms with E-state index in [-0.39, 0.29) is 17.6 Å². The van der Waals surface area contributed by atoms with E-state index in [2.05, 4.69) is 15.5 Å². The van der Waals surface area contributed by atoms with E-state index in [1.54, 1.807) is 6.07 Å². The summed E-state index contributed by atoms with van der Waals surface area (Å²) in [6.45, 7) is 8.03. The number of amides is 1. The number of rotatable bonds is 4. The van der Waals surface area contributed by atoms with Crippen molar-refractivity contribution < 1.29 is 9.32 Å². The fourth-order valence-corrected chi connectivity index (χ4v) is 2.53. The number of hydrogen-bond donors (Lipinski definition) is 1. The van der Waals surface area contributed by atoms with Gasteiger partial charge < -0.3 is 4.52 Å². The third-order valence-electron chi connectivity index (χ3n) is 2.79. The van der Waals surface area contributed by atoms with Crippen molar-refractivity contribution in [3.63, 3.8) is 0 Å². The summed E-state index contributed by atoms with van der Waals surface area (Å²) >= 11 is 1.47. The van der Waals surface area contributed by atoms with Crippen LogP contribution in [0.2, 0.25) is 0 Å². The van der Waals surface area contributed by atoms with E-state index in [4.69, 9.17) is 4.52 Å². The lowest BCUT2D eigenvalue weighted by Crippen LogP contribution is -2.10. The number of thiazole rings is 1. The molecule has 0 unspecified atom stereocenters. The maximum absolute atomic E-state index is 12.0. The summed E-state index contributed by atoms with van der Waals surface area (Å²) in [6, 6.07) is 1.67.